The molecule has 5 rings (SSSR count). The van der Waals surface area contributed by atoms with E-state index in [9.17, 15) is 53.1 Å². The zero-order chi connectivity index (χ0) is 63.8. The first kappa shape index (κ1) is 70.9. The van der Waals surface area contributed by atoms with E-state index in [-0.39, 0.29) is 133 Å². The minimum atomic E-state index is -1.41. The van der Waals surface area contributed by atoms with E-state index in [1.165, 1.54) is 35.9 Å². The highest BCUT2D eigenvalue weighted by Gasteiger charge is 2.42. The number of urea groups is 1. The Bertz CT molecular complexity index is 2640. The van der Waals surface area contributed by atoms with E-state index in [1.54, 1.807) is 6.20 Å². The van der Waals surface area contributed by atoms with Crippen molar-refractivity contribution in [3.63, 3.8) is 0 Å². The minimum absolute atomic E-state index is 0.00534. The van der Waals surface area contributed by atoms with E-state index in [0.717, 1.165) is 25.0 Å². The molecule has 33 heteroatoms. The van der Waals surface area contributed by atoms with Crippen molar-refractivity contribution < 1.29 is 67.3 Å². The molecule has 0 radical (unpaired) electrons. The Morgan fingerprint density at radius 3 is 2.16 bits per heavy atom. The number of amides is 11. The second-order valence-corrected chi connectivity index (χ2v) is 22.9. The minimum Gasteiger partial charge on any atom is -0.508 e. The van der Waals surface area contributed by atoms with Gasteiger partial charge in [0.2, 0.25) is 53.2 Å². The predicted octanol–water partition coefficient (Wildman–Crippen LogP) is -4.23. The van der Waals surface area contributed by atoms with Gasteiger partial charge in [0.05, 0.1) is 57.4 Å². The maximum Gasteiger partial charge on any atom is 0.315 e. The van der Waals surface area contributed by atoms with Gasteiger partial charge in [-0.25, -0.2) is 4.79 Å². The van der Waals surface area contributed by atoms with Crippen LogP contribution >= 0.6 is 11.8 Å². The number of nitrogens with one attached hydrogen (secondary N) is 12. The molecule has 2 saturated heterocycles. The van der Waals surface area contributed by atoms with Crippen molar-refractivity contribution >= 4 is 76.9 Å². The summed E-state index contributed by atoms with van der Waals surface area (Å²) < 4.78 is 18.1. The van der Waals surface area contributed by atoms with Crippen LogP contribution in [0.15, 0.2) is 30.5 Å². The van der Waals surface area contributed by atoms with E-state index in [0.29, 0.717) is 49.5 Å². The third kappa shape index (κ3) is 26.2. The number of benzene rings is 1. The van der Waals surface area contributed by atoms with Gasteiger partial charge < -0.3 is 95.0 Å². The Hall–Kier alpha value is -7.88. The Morgan fingerprint density at radius 1 is 0.739 bits per heavy atom. The highest BCUT2D eigenvalue weighted by Crippen LogP contribution is 2.33. The first-order chi connectivity index (χ1) is 42.3. The number of aryl methyl sites for hydroxylation is 1. The normalized spacial score (nSPS) is 23.5. The van der Waals surface area contributed by atoms with Crippen LogP contribution in [-0.4, -0.2) is 210 Å². The molecule has 1 aromatic carbocycles. The molecule has 3 aliphatic heterocycles. The van der Waals surface area contributed by atoms with Gasteiger partial charge in [-0.15, -0.1) is 5.10 Å². The first-order valence-corrected chi connectivity index (χ1v) is 30.8. The molecule has 2 aromatic rings. The fourth-order valence-corrected chi connectivity index (χ4v) is 11.3. The standard InChI is InChI=1S/C55H88N18O14S/c1-33-49(79)66-39(10-4-6-18-56)51(81)68-40(27-34-14-16-36(74)17-15-34)53(83)67-38(11-8-19-61-54(58)59)50(80)62-29-45(76)64-37(48(57)78)9-5-7-21-73-30-35(71-72-73)28-41(52(82)63-33)65-46(77)31-87-26-25-86-24-23-85-22-20-60-44(75)13-3-2-12-43-47-42(32-88-43)69-55(84)70-47/h14-17,30,33,37-43,47,74H,2-13,18-29,31-32,56H2,1H3,(H2,57,78)(H,60,75)(H,62,80)(H,63,82)(H,64,76)(H,65,77)(H,66,79)(H,67,83)(H,68,81)(H4,58,59,61)(H2,69,70,84)/t33-,37-,38-,39-,40-,41-,42+,43+,47+/m0/s1. The largest absolute Gasteiger partial charge is 0.508 e. The van der Waals surface area contributed by atoms with Crippen molar-refractivity contribution in [2.24, 2.45) is 17.2 Å². The molecule has 0 saturated carbocycles. The molecule has 2 bridgehead atoms. The third-order valence-electron chi connectivity index (χ3n) is 14.5. The van der Waals surface area contributed by atoms with E-state index in [4.69, 9.17) is 36.8 Å². The molecule has 3 aliphatic rings. The number of ether oxygens (including phenoxy) is 3. The number of thioether (sulfide) groups is 1. The van der Waals surface area contributed by atoms with Crippen molar-refractivity contribution in [2.45, 2.75) is 157 Å². The Balaban J connectivity index is 1.19. The molecule has 0 unspecified atom stereocenters. The summed E-state index contributed by atoms with van der Waals surface area (Å²) in [7, 11) is 0. The van der Waals surface area contributed by atoms with Crippen molar-refractivity contribution in [3.8, 4) is 5.75 Å². The first-order valence-electron chi connectivity index (χ1n) is 29.8. The summed E-state index contributed by atoms with van der Waals surface area (Å²) in [5, 5.41) is 55.8. The smallest absolute Gasteiger partial charge is 0.315 e. The molecule has 4 heterocycles. The number of fused-ring (bicyclic) bond motifs is 3. The van der Waals surface area contributed by atoms with Gasteiger partial charge in [-0.3, -0.25) is 53.2 Å². The zero-order valence-corrected chi connectivity index (χ0v) is 50.5. The number of phenols is 1. The fourth-order valence-electron chi connectivity index (χ4n) is 9.73. The molecule has 2 fully saturated rings. The number of guanidine groups is 1. The maximum atomic E-state index is 14.3. The lowest BCUT2D eigenvalue weighted by Gasteiger charge is -2.27. The number of primary amides is 1. The number of aromatic hydroxyl groups is 1. The lowest BCUT2D eigenvalue weighted by atomic mass is 10.0. The number of aromatic nitrogens is 3. The number of nitrogens with zero attached hydrogens (tertiary/aromatic N) is 3. The van der Waals surface area contributed by atoms with Gasteiger partial charge >= 0.3 is 6.03 Å². The zero-order valence-electron chi connectivity index (χ0n) is 49.7. The molecule has 488 valence electrons. The van der Waals surface area contributed by atoms with Crippen LogP contribution < -0.4 is 75.7 Å². The molecule has 9 atom stereocenters. The van der Waals surface area contributed by atoms with Crippen molar-refractivity contribution in [3.05, 3.63) is 41.7 Å². The number of unbranched alkanes of at least 4 members (excludes halogenated alkanes) is 2. The number of carbonyl (C=O) groups excluding carboxylic acids is 10. The quantitative estimate of drug-likeness (QED) is 0.0166. The molecule has 1 aromatic heterocycles. The molecule has 0 spiro atoms. The highest BCUT2D eigenvalue weighted by molar-refractivity contribution is 8.00. The Kier molecular flexibility index (Phi) is 30.9. The van der Waals surface area contributed by atoms with Gasteiger partial charge in [-0.1, -0.05) is 23.8 Å². The lowest BCUT2D eigenvalue weighted by molar-refractivity contribution is -0.135. The number of hydrogen-bond acceptors (Lipinski definition) is 19. The van der Waals surface area contributed by atoms with Gasteiger partial charge in [0, 0.05) is 56.1 Å². The molecule has 0 aliphatic carbocycles. The molecule has 88 heavy (non-hydrogen) atoms. The third-order valence-corrected chi connectivity index (χ3v) is 16.0. The monoisotopic (exact) mass is 1260 g/mol. The fraction of sp³-hybridized carbons (Fsp3) is 0.655. The van der Waals surface area contributed by atoms with Crippen molar-refractivity contribution in [1.29, 1.82) is 5.41 Å². The summed E-state index contributed by atoms with van der Waals surface area (Å²) in [4.78, 5) is 133. The lowest BCUT2D eigenvalue weighted by Crippen LogP contribution is -2.59. The second kappa shape index (κ2) is 38.4. The topological polar surface area (TPSA) is 484 Å². The van der Waals surface area contributed by atoms with E-state index < -0.39 is 96.7 Å². The van der Waals surface area contributed by atoms with Crippen LogP contribution in [0.3, 0.4) is 0 Å². The number of hydrogen-bond donors (Lipinski definition) is 16. The summed E-state index contributed by atoms with van der Waals surface area (Å²) >= 11 is 1.85. The predicted molar refractivity (Wildman–Crippen MR) is 320 cm³/mol. The molecular weight excluding hydrogens is 1170 g/mol. The van der Waals surface area contributed by atoms with Gasteiger partial charge in [0.25, 0.3) is 0 Å². The summed E-state index contributed by atoms with van der Waals surface area (Å²) in [6.07, 6.45) is 6.02. The van der Waals surface area contributed by atoms with E-state index in [2.05, 4.69) is 68.8 Å². The van der Waals surface area contributed by atoms with Crippen molar-refractivity contribution in [1.82, 2.24) is 73.5 Å². The molecule has 32 nitrogen and oxygen atoms in total. The number of phenolic OH excluding ortho intramolecular Hbond substituents is 1. The summed E-state index contributed by atoms with van der Waals surface area (Å²) in [5.41, 5.74) is 17.6. The van der Waals surface area contributed by atoms with Crippen LogP contribution in [0.4, 0.5) is 4.79 Å². The van der Waals surface area contributed by atoms with Crippen LogP contribution in [0.2, 0.25) is 0 Å². The van der Waals surface area contributed by atoms with Crippen molar-refractivity contribution in [2.75, 3.05) is 71.6 Å². The van der Waals surface area contributed by atoms with Gasteiger partial charge in [0.1, 0.15) is 48.6 Å². The van der Waals surface area contributed by atoms with Crippen LogP contribution in [0.25, 0.3) is 0 Å². The molecule has 11 amide bonds. The average molecular weight is 1260 g/mol. The summed E-state index contributed by atoms with van der Waals surface area (Å²) in [5.74, 6) is -5.91. The molecule has 19 N–H and O–H groups in total. The van der Waals surface area contributed by atoms with Crippen LogP contribution in [0.5, 0.6) is 5.75 Å². The van der Waals surface area contributed by atoms with E-state index in [1.807, 2.05) is 11.8 Å². The maximum absolute atomic E-state index is 14.3. The summed E-state index contributed by atoms with van der Waals surface area (Å²) in [6, 6.07) is -1.79. The second-order valence-electron chi connectivity index (χ2n) is 21.6. The highest BCUT2D eigenvalue weighted by atomic mass is 32.2. The number of carbonyl (C=O) groups is 10. The van der Waals surface area contributed by atoms with Gasteiger partial charge in [-0.2, -0.15) is 11.8 Å². The molecular formula is C55H88N18O14S. The number of nitrogens with two attached hydrogens (primary N) is 3. The summed E-state index contributed by atoms with van der Waals surface area (Å²) in [6.45, 7) is 2.12. The Labute approximate surface area is 514 Å². The number of rotatable bonds is 28. The van der Waals surface area contributed by atoms with Crippen LogP contribution in [0, 0.1) is 5.41 Å². The SMILES string of the molecule is C[C@@H]1NC(=O)[C@@H](NC(=O)COCCOCCOCCNC(=O)CCCC[C@H]2SC[C@H]3NC(=O)N[C@H]32)Cc2cn(nn2)CCCC[C@@H](C(N)=O)NC(=O)CNC(=O)[C@H](CCCNC(=N)N)NC(=O)[C@H](Cc2ccc(O)cc2)NC(=O)[C@H](CCCCN)NC1=O. The van der Waals surface area contributed by atoms with Crippen LogP contribution in [-0.2, 0) is 76.7 Å². The van der Waals surface area contributed by atoms with E-state index >= 15 is 0 Å². The van der Waals surface area contributed by atoms with Gasteiger partial charge in [0.15, 0.2) is 5.96 Å². The van der Waals surface area contributed by atoms with Gasteiger partial charge in [-0.05, 0) is 95.4 Å². The average Bonchev–Trinajstić information content (AvgIpc) is 2.23. The van der Waals surface area contributed by atoms with Crippen LogP contribution in [0.1, 0.15) is 95.2 Å². The Morgan fingerprint density at radius 2 is 1.42 bits per heavy atom.